The van der Waals surface area contributed by atoms with Crippen molar-refractivity contribution >= 4 is 5.97 Å². The maximum absolute atomic E-state index is 10.00. The first-order chi connectivity index (χ1) is 4.04. The van der Waals surface area contributed by atoms with E-state index in [-0.39, 0.29) is 29.6 Å². The molecule has 4 heteroatoms. The van der Waals surface area contributed by atoms with Gasteiger partial charge in [0.25, 0.3) is 0 Å². The Morgan fingerprint density at radius 2 is 2.00 bits per heavy atom. The molecule has 0 amide bonds. The number of carboxylic acids is 1. The van der Waals surface area contributed by atoms with Gasteiger partial charge in [-0.3, -0.25) is 0 Å². The smallest absolute Gasteiger partial charge is 0.548 e. The monoisotopic (exact) mass is 153 g/mol. The van der Waals surface area contributed by atoms with Crippen molar-refractivity contribution in [2.45, 2.75) is 26.3 Å². The minimum atomic E-state index is -1.16. The molecule has 3 nitrogen and oxygen atoms in total. The largest absolute Gasteiger partial charge is 1.00 e. The summed E-state index contributed by atoms with van der Waals surface area (Å²) < 4.78 is 0. The van der Waals surface area contributed by atoms with E-state index >= 15 is 0 Å². The molecule has 0 aliphatic rings. The molecule has 2 N–H and O–H groups in total. The molecule has 0 radical (unpaired) electrons. The van der Waals surface area contributed by atoms with Crippen LogP contribution < -0.4 is 40.4 Å². The van der Waals surface area contributed by atoms with Gasteiger partial charge < -0.3 is 15.6 Å². The Morgan fingerprint density at radius 3 is 2.10 bits per heavy atom. The second-order valence-corrected chi connectivity index (χ2v) is 2.56. The van der Waals surface area contributed by atoms with E-state index in [1.807, 2.05) is 13.8 Å². The summed E-state index contributed by atoms with van der Waals surface area (Å²) in [7, 11) is 0. The molecule has 54 valence electrons. The van der Waals surface area contributed by atoms with Crippen LogP contribution in [0.25, 0.3) is 0 Å². The molecule has 0 fully saturated rings. The van der Waals surface area contributed by atoms with Crippen molar-refractivity contribution in [2.24, 2.45) is 11.7 Å². The maximum Gasteiger partial charge on any atom is 1.00 e. The van der Waals surface area contributed by atoms with Crippen LogP contribution in [0.2, 0.25) is 0 Å². The van der Waals surface area contributed by atoms with Crippen molar-refractivity contribution in [3.63, 3.8) is 0 Å². The molecular formula is C6H12NNaO2. The zero-order valence-corrected chi connectivity index (χ0v) is 8.76. The third-order valence-corrected chi connectivity index (χ3v) is 1.03. The Balaban J connectivity index is 0. The summed E-state index contributed by atoms with van der Waals surface area (Å²) in [6.07, 6.45) is 0.488. The van der Waals surface area contributed by atoms with Crippen LogP contribution in [-0.2, 0) is 4.79 Å². The molecule has 0 aliphatic carbocycles. The first-order valence-corrected chi connectivity index (χ1v) is 3.00. The molecule has 0 aromatic carbocycles. The summed E-state index contributed by atoms with van der Waals surface area (Å²) in [6.45, 7) is 3.84. The summed E-state index contributed by atoms with van der Waals surface area (Å²) >= 11 is 0. The summed E-state index contributed by atoms with van der Waals surface area (Å²) in [5, 5.41) is 10.00. The van der Waals surface area contributed by atoms with Gasteiger partial charge in [0.1, 0.15) is 0 Å². The van der Waals surface area contributed by atoms with E-state index in [9.17, 15) is 9.90 Å². The molecule has 0 aromatic heterocycles. The summed E-state index contributed by atoms with van der Waals surface area (Å²) in [4.78, 5) is 10.00. The number of carbonyl (C=O) groups excluding carboxylic acids is 1. The fourth-order valence-electron chi connectivity index (χ4n) is 0.604. The molecule has 0 aliphatic heterocycles. The first kappa shape index (κ1) is 13.1. The summed E-state index contributed by atoms with van der Waals surface area (Å²) in [5.41, 5.74) is 5.16. The van der Waals surface area contributed by atoms with Gasteiger partial charge in [0.15, 0.2) is 0 Å². The SMILES string of the molecule is CC(C)C[C@H](N)C(=O)[O-].[Na+]. The molecule has 0 saturated heterocycles. The molecule has 0 heterocycles. The van der Waals surface area contributed by atoms with Crippen molar-refractivity contribution in [2.75, 3.05) is 0 Å². The van der Waals surface area contributed by atoms with Crippen molar-refractivity contribution in [3.05, 3.63) is 0 Å². The van der Waals surface area contributed by atoms with Crippen molar-refractivity contribution < 1.29 is 39.5 Å². The normalized spacial score (nSPS) is 12.4. The van der Waals surface area contributed by atoms with Gasteiger partial charge in [-0.25, -0.2) is 0 Å². The van der Waals surface area contributed by atoms with Gasteiger partial charge in [0.05, 0.1) is 5.97 Å². The summed E-state index contributed by atoms with van der Waals surface area (Å²) in [6, 6.07) is -0.801. The number of carbonyl (C=O) groups is 1. The molecule has 0 spiro atoms. The van der Waals surface area contributed by atoms with Crippen molar-refractivity contribution in [1.82, 2.24) is 0 Å². The molecular weight excluding hydrogens is 141 g/mol. The van der Waals surface area contributed by atoms with Gasteiger partial charge in [-0.05, 0) is 12.3 Å². The average Bonchev–Trinajstić information content (AvgIpc) is 1.63. The minimum Gasteiger partial charge on any atom is -0.548 e. The van der Waals surface area contributed by atoms with Gasteiger partial charge in [-0.15, -0.1) is 0 Å². The van der Waals surface area contributed by atoms with Crippen LogP contribution in [0.3, 0.4) is 0 Å². The topological polar surface area (TPSA) is 66.2 Å². The van der Waals surface area contributed by atoms with E-state index in [4.69, 9.17) is 5.73 Å². The fourth-order valence-corrected chi connectivity index (χ4v) is 0.604. The second-order valence-electron chi connectivity index (χ2n) is 2.56. The van der Waals surface area contributed by atoms with Gasteiger partial charge in [-0.2, -0.15) is 0 Å². The molecule has 0 unspecified atom stereocenters. The van der Waals surface area contributed by atoms with Crippen LogP contribution in [0.5, 0.6) is 0 Å². The second kappa shape index (κ2) is 6.16. The third kappa shape index (κ3) is 6.55. The molecule has 10 heavy (non-hydrogen) atoms. The van der Waals surface area contributed by atoms with Crippen LogP contribution >= 0.6 is 0 Å². The maximum atomic E-state index is 10.00. The Labute approximate surface area is 83.3 Å². The van der Waals surface area contributed by atoms with Crippen LogP contribution in [-0.4, -0.2) is 12.0 Å². The van der Waals surface area contributed by atoms with E-state index in [2.05, 4.69) is 0 Å². The predicted octanol–water partition coefficient (Wildman–Crippen LogP) is -3.89. The molecule has 0 rings (SSSR count). The Bertz CT molecular complexity index is 106. The van der Waals surface area contributed by atoms with Gasteiger partial charge in [0.2, 0.25) is 0 Å². The fraction of sp³-hybridized carbons (Fsp3) is 0.833. The van der Waals surface area contributed by atoms with E-state index < -0.39 is 12.0 Å². The molecule has 0 saturated carbocycles. The molecule has 1 atom stereocenters. The first-order valence-electron chi connectivity index (χ1n) is 3.00. The Kier molecular flexibility index (Phi) is 8.04. The third-order valence-electron chi connectivity index (χ3n) is 1.03. The predicted molar refractivity (Wildman–Crippen MR) is 32.4 cm³/mol. The van der Waals surface area contributed by atoms with Gasteiger partial charge in [0, 0.05) is 6.04 Å². The van der Waals surface area contributed by atoms with E-state index in [1.165, 1.54) is 0 Å². The molecule has 0 bridgehead atoms. The van der Waals surface area contributed by atoms with Gasteiger partial charge >= 0.3 is 29.6 Å². The number of rotatable bonds is 3. The van der Waals surface area contributed by atoms with Crippen molar-refractivity contribution in [3.8, 4) is 0 Å². The summed E-state index contributed by atoms with van der Waals surface area (Å²) in [5.74, 6) is -0.846. The van der Waals surface area contributed by atoms with E-state index in [0.717, 1.165) is 0 Å². The van der Waals surface area contributed by atoms with Crippen LogP contribution in [0, 0.1) is 5.92 Å². The Hall–Kier alpha value is 0.430. The number of nitrogens with two attached hydrogens (primary N) is 1. The van der Waals surface area contributed by atoms with Crippen LogP contribution in [0.15, 0.2) is 0 Å². The molecule has 0 aromatic rings. The van der Waals surface area contributed by atoms with Crippen LogP contribution in [0.1, 0.15) is 20.3 Å². The van der Waals surface area contributed by atoms with Crippen LogP contribution in [0.4, 0.5) is 0 Å². The number of aliphatic carboxylic acids is 1. The van der Waals surface area contributed by atoms with E-state index in [1.54, 1.807) is 0 Å². The zero-order valence-electron chi connectivity index (χ0n) is 6.76. The minimum absolute atomic E-state index is 0. The van der Waals surface area contributed by atoms with Crippen molar-refractivity contribution in [1.29, 1.82) is 0 Å². The number of hydrogen-bond acceptors (Lipinski definition) is 3. The Morgan fingerprint density at radius 1 is 1.60 bits per heavy atom. The van der Waals surface area contributed by atoms with E-state index in [0.29, 0.717) is 12.3 Å². The number of hydrogen-bond donors (Lipinski definition) is 1. The van der Waals surface area contributed by atoms with Gasteiger partial charge in [-0.1, -0.05) is 13.8 Å². The standard InChI is InChI=1S/C6H13NO2.Na/c1-4(2)3-5(7)6(8)9;/h4-5H,3,7H2,1-2H3,(H,8,9);/q;+1/p-1/t5-;/m0./s1. The quantitative estimate of drug-likeness (QED) is 0.422. The zero-order chi connectivity index (χ0) is 7.44. The average molecular weight is 153 g/mol. The number of carboxylic acid groups (broad SMARTS) is 1.